The van der Waals surface area contributed by atoms with Gasteiger partial charge in [0.1, 0.15) is 30.0 Å². The Labute approximate surface area is 194 Å². The molecule has 3 N–H and O–H groups in total. The van der Waals surface area contributed by atoms with E-state index in [4.69, 9.17) is 14.2 Å². The van der Waals surface area contributed by atoms with Crippen LogP contribution in [0, 0.1) is 20.2 Å². The fraction of sp³-hybridized carbons (Fsp3) is 0.364. The number of nitro benzene ring substituents is 2. The quantitative estimate of drug-likeness (QED) is 0.249. The Hall–Kier alpha value is -3.42. The number of hydrogen-bond acceptors (Lipinski definition) is 10. The van der Waals surface area contributed by atoms with Crippen LogP contribution < -0.4 is 5.32 Å². The second-order valence-corrected chi connectivity index (χ2v) is 7.49. The van der Waals surface area contributed by atoms with E-state index < -0.39 is 58.5 Å². The molecule has 3 rings (SSSR count). The number of nitrogens with zero attached hydrogens (tertiary/aromatic N) is 2. The fourth-order valence-electron chi connectivity index (χ4n) is 3.58. The van der Waals surface area contributed by atoms with Crippen LogP contribution in [0.3, 0.4) is 0 Å². The maximum absolute atomic E-state index is 11.6. The summed E-state index contributed by atoms with van der Waals surface area (Å²) in [4.78, 5) is 21.2. The molecule has 1 saturated heterocycles. The van der Waals surface area contributed by atoms with Crippen LogP contribution in [0.25, 0.3) is 0 Å². The van der Waals surface area contributed by atoms with Gasteiger partial charge in [0, 0.05) is 6.07 Å². The Kier molecular flexibility index (Phi) is 8.62. The van der Waals surface area contributed by atoms with Crippen LogP contribution in [0.2, 0.25) is 0 Å². The summed E-state index contributed by atoms with van der Waals surface area (Å²) in [6.07, 6.45) is -3.03. The van der Waals surface area contributed by atoms with Crippen molar-refractivity contribution < 1.29 is 34.3 Å². The van der Waals surface area contributed by atoms with Gasteiger partial charge in [-0.2, -0.15) is 0 Å². The van der Waals surface area contributed by atoms with Crippen molar-refractivity contribution >= 4 is 17.1 Å². The zero-order chi connectivity index (χ0) is 24.7. The minimum atomic E-state index is -1.31. The van der Waals surface area contributed by atoms with E-state index in [9.17, 15) is 30.4 Å². The van der Waals surface area contributed by atoms with Crippen molar-refractivity contribution in [2.75, 3.05) is 18.5 Å². The largest absolute Gasteiger partial charge is 0.394 e. The molecule has 0 radical (unpaired) electrons. The lowest BCUT2D eigenvalue weighted by atomic mass is 9.96. The van der Waals surface area contributed by atoms with Crippen LogP contribution >= 0.6 is 0 Å². The van der Waals surface area contributed by atoms with Crippen molar-refractivity contribution in [1.29, 1.82) is 0 Å². The molecule has 0 bridgehead atoms. The van der Waals surface area contributed by atoms with Crippen LogP contribution in [-0.2, 0) is 20.8 Å². The molecule has 1 heterocycles. The van der Waals surface area contributed by atoms with Gasteiger partial charge >= 0.3 is 0 Å². The SMILES string of the molecule is C=CCO[C@H]1[C@H](O)[C@@H](CO)O[C@@H](OCc2ccccc2)[C@@H]1Nc1ccc([N+](=O)[O-])cc1[N+](=O)[O-]. The molecule has 12 nitrogen and oxygen atoms in total. The molecule has 182 valence electrons. The van der Waals surface area contributed by atoms with Gasteiger partial charge in [-0.3, -0.25) is 20.2 Å². The molecule has 5 atom stereocenters. The molecule has 34 heavy (non-hydrogen) atoms. The first-order valence-electron chi connectivity index (χ1n) is 10.4. The average molecular weight is 475 g/mol. The van der Waals surface area contributed by atoms with E-state index in [1.807, 2.05) is 30.3 Å². The van der Waals surface area contributed by atoms with Crippen molar-refractivity contribution in [3.05, 3.63) is 87.0 Å². The topological polar surface area (TPSA) is 166 Å². The number of anilines is 1. The van der Waals surface area contributed by atoms with E-state index in [-0.39, 0.29) is 18.9 Å². The molecular weight excluding hydrogens is 450 g/mol. The third-order valence-corrected chi connectivity index (χ3v) is 5.23. The third kappa shape index (κ3) is 5.92. The summed E-state index contributed by atoms with van der Waals surface area (Å²) >= 11 is 0. The Morgan fingerprint density at radius 2 is 1.85 bits per heavy atom. The maximum atomic E-state index is 11.6. The predicted molar refractivity (Wildman–Crippen MR) is 120 cm³/mol. The first-order valence-corrected chi connectivity index (χ1v) is 10.4. The molecule has 0 amide bonds. The van der Waals surface area contributed by atoms with E-state index in [1.54, 1.807) is 0 Å². The highest BCUT2D eigenvalue weighted by atomic mass is 16.7. The van der Waals surface area contributed by atoms with Crippen LogP contribution in [0.15, 0.2) is 61.2 Å². The van der Waals surface area contributed by atoms with Crippen LogP contribution in [0.5, 0.6) is 0 Å². The summed E-state index contributed by atoms with van der Waals surface area (Å²) in [6.45, 7) is 3.20. The molecule has 2 aromatic rings. The number of aliphatic hydroxyl groups is 2. The molecule has 0 spiro atoms. The van der Waals surface area contributed by atoms with Crippen LogP contribution in [0.1, 0.15) is 5.56 Å². The van der Waals surface area contributed by atoms with Gasteiger partial charge in [0.15, 0.2) is 6.29 Å². The first kappa shape index (κ1) is 25.2. The number of benzene rings is 2. The Morgan fingerprint density at radius 1 is 1.12 bits per heavy atom. The van der Waals surface area contributed by atoms with Gasteiger partial charge in [0.25, 0.3) is 11.4 Å². The van der Waals surface area contributed by atoms with Crippen molar-refractivity contribution in [2.24, 2.45) is 0 Å². The van der Waals surface area contributed by atoms with Crippen molar-refractivity contribution in [3.63, 3.8) is 0 Å². The second-order valence-electron chi connectivity index (χ2n) is 7.49. The number of aliphatic hydroxyl groups excluding tert-OH is 2. The summed E-state index contributed by atoms with van der Waals surface area (Å²) < 4.78 is 17.4. The maximum Gasteiger partial charge on any atom is 0.299 e. The fourth-order valence-corrected chi connectivity index (χ4v) is 3.58. The molecule has 0 aromatic heterocycles. The highest BCUT2D eigenvalue weighted by Gasteiger charge is 2.47. The molecule has 1 aliphatic heterocycles. The molecule has 12 heteroatoms. The van der Waals surface area contributed by atoms with Gasteiger partial charge in [-0.25, -0.2) is 0 Å². The van der Waals surface area contributed by atoms with E-state index in [1.165, 1.54) is 12.1 Å². The second kappa shape index (κ2) is 11.6. The van der Waals surface area contributed by atoms with E-state index in [0.717, 1.165) is 17.7 Å². The van der Waals surface area contributed by atoms with Crippen molar-refractivity contribution in [1.82, 2.24) is 0 Å². The number of hydrogen-bond donors (Lipinski definition) is 3. The molecule has 0 saturated carbocycles. The normalized spacial score (nSPS) is 24.4. The molecule has 1 fully saturated rings. The standard InChI is InChI=1S/C22H25N3O9/c1-2-10-32-21-19(23-16-9-8-15(24(28)29)11-17(16)25(30)31)22(34-18(12-26)20(21)27)33-13-14-6-4-3-5-7-14/h2-9,11,18-23,26-27H,1,10,12-13H2/t18-,19-,20-,21-,22-/m1/s1. The summed E-state index contributed by atoms with van der Waals surface area (Å²) in [5.41, 5.74) is -0.230. The summed E-state index contributed by atoms with van der Waals surface area (Å²) in [7, 11) is 0. The van der Waals surface area contributed by atoms with Crippen LogP contribution in [0.4, 0.5) is 17.1 Å². The summed E-state index contributed by atoms with van der Waals surface area (Å²) in [5.74, 6) is 0. The average Bonchev–Trinajstić information content (AvgIpc) is 2.83. The zero-order valence-corrected chi connectivity index (χ0v) is 18.1. The first-order chi connectivity index (χ1) is 16.3. The lowest BCUT2D eigenvalue weighted by Crippen LogP contribution is -2.62. The van der Waals surface area contributed by atoms with Gasteiger partial charge in [-0.15, -0.1) is 6.58 Å². The minimum Gasteiger partial charge on any atom is -0.394 e. The Morgan fingerprint density at radius 3 is 2.47 bits per heavy atom. The lowest BCUT2D eigenvalue weighted by Gasteiger charge is -2.44. The number of rotatable bonds is 11. The summed E-state index contributed by atoms with van der Waals surface area (Å²) in [5, 5.41) is 46.0. The van der Waals surface area contributed by atoms with Crippen molar-refractivity contribution in [3.8, 4) is 0 Å². The minimum absolute atomic E-state index is 0.0335. The van der Waals surface area contributed by atoms with Crippen LogP contribution in [-0.4, -0.2) is 63.9 Å². The zero-order valence-electron chi connectivity index (χ0n) is 18.1. The number of nitrogens with one attached hydrogen (secondary N) is 1. The smallest absolute Gasteiger partial charge is 0.299 e. The predicted octanol–water partition coefficient (Wildman–Crippen LogP) is 2.15. The lowest BCUT2D eigenvalue weighted by molar-refractivity contribution is -0.393. The molecule has 0 unspecified atom stereocenters. The summed E-state index contributed by atoms with van der Waals surface area (Å²) in [6, 6.07) is 11.3. The van der Waals surface area contributed by atoms with Crippen molar-refractivity contribution in [2.45, 2.75) is 37.3 Å². The number of non-ortho nitro benzene ring substituents is 1. The molecule has 0 aliphatic carbocycles. The highest BCUT2D eigenvalue weighted by molar-refractivity contribution is 5.66. The van der Waals surface area contributed by atoms with Gasteiger partial charge in [0.05, 0.1) is 35.7 Å². The van der Waals surface area contributed by atoms with E-state index >= 15 is 0 Å². The number of ether oxygens (including phenoxy) is 3. The number of nitro groups is 2. The monoisotopic (exact) mass is 475 g/mol. The van der Waals surface area contributed by atoms with E-state index in [2.05, 4.69) is 11.9 Å². The van der Waals surface area contributed by atoms with E-state index in [0.29, 0.717) is 0 Å². The Bertz CT molecular complexity index is 1000. The molecular formula is C22H25N3O9. The van der Waals surface area contributed by atoms with Gasteiger partial charge in [-0.05, 0) is 11.6 Å². The third-order valence-electron chi connectivity index (χ3n) is 5.23. The van der Waals surface area contributed by atoms with Gasteiger partial charge in [0.2, 0.25) is 0 Å². The highest BCUT2D eigenvalue weighted by Crippen LogP contribution is 2.33. The van der Waals surface area contributed by atoms with Gasteiger partial charge in [-0.1, -0.05) is 36.4 Å². The molecule has 2 aromatic carbocycles. The Balaban J connectivity index is 1.95. The van der Waals surface area contributed by atoms with Gasteiger partial charge < -0.3 is 29.7 Å². The molecule has 1 aliphatic rings.